The Balaban J connectivity index is 0.000000336. The lowest BCUT2D eigenvalue weighted by molar-refractivity contribution is -0.671. The Bertz CT molecular complexity index is 294. The van der Waals surface area contributed by atoms with Crippen LogP contribution in [0.4, 0.5) is 17.3 Å². The van der Waals surface area contributed by atoms with Crippen LogP contribution < -0.4 is 4.57 Å². The molecule has 0 unspecified atom stereocenters. The molecule has 0 saturated heterocycles. The van der Waals surface area contributed by atoms with Crippen LogP contribution >= 0.6 is 0 Å². The zero-order valence-electron chi connectivity index (χ0n) is 9.22. The Morgan fingerprint density at radius 2 is 1.53 bits per heavy atom. The van der Waals surface area contributed by atoms with Crippen LogP contribution in [-0.2, 0) is 12.6 Å². The summed E-state index contributed by atoms with van der Waals surface area (Å²) in [5.41, 5.74) is 0.210. The van der Waals surface area contributed by atoms with Gasteiger partial charge < -0.3 is 17.3 Å². The first-order valence-electron chi connectivity index (χ1n) is 4.41. The van der Waals surface area contributed by atoms with E-state index in [1.54, 1.807) is 0 Å². The number of imidazole rings is 1. The zero-order chi connectivity index (χ0) is 12.3. The highest BCUT2D eigenvalue weighted by atomic mass is 19.5. The van der Waals surface area contributed by atoms with E-state index in [1.165, 1.54) is 0 Å². The Morgan fingerprint density at radius 1 is 1.13 bits per heavy atom. The minimum atomic E-state index is -6.00. The van der Waals surface area contributed by atoms with E-state index in [4.69, 9.17) is 0 Å². The van der Waals surface area contributed by atoms with Crippen LogP contribution in [0.15, 0.2) is 18.7 Å². The molecular weight excluding hydrogens is 211 g/mol. The molecule has 0 radical (unpaired) electrons. The van der Waals surface area contributed by atoms with Crippen LogP contribution in [0.5, 0.6) is 0 Å². The maximum Gasteiger partial charge on any atom is 0.673 e. The molecule has 15 heavy (non-hydrogen) atoms. The van der Waals surface area contributed by atoms with Crippen LogP contribution in [-0.4, -0.2) is 11.8 Å². The van der Waals surface area contributed by atoms with E-state index in [9.17, 15) is 17.3 Å². The SMILES string of the molecule is C[n+]1ccn(C(C)(C)C)c1.F[B-](F)(F)F. The fourth-order valence-corrected chi connectivity index (χ4v) is 0.847. The van der Waals surface area contributed by atoms with Crippen molar-refractivity contribution in [1.82, 2.24) is 4.57 Å². The lowest BCUT2D eigenvalue weighted by Gasteiger charge is -2.13. The number of nitrogens with zero attached hydrogens (tertiary/aromatic N) is 2. The van der Waals surface area contributed by atoms with Crippen molar-refractivity contribution in [3.8, 4) is 0 Å². The molecule has 0 fully saturated rings. The van der Waals surface area contributed by atoms with Crippen LogP contribution in [0.3, 0.4) is 0 Å². The number of rotatable bonds is 0. The fraction of sp³-hybridized carbons (Fsp3) is 0.625. The molecule has 2 nitrogen and oxygen atoms in total. The fourth-order valence-electron chi connectivity index (χ4n) is 0.847. The summed E-state index contributed by atoms with van der Waals surface area (Å²) < 4.78 is 43.2. The highest BCUT2D eigenvalue weighted by Crippen LogP contribution is 2.10. The van der Waals surface area contributed by atoms with Gasteiger partial charge in [0, 0.05) is 0 Å². The first kappa shape index (κ1) is 14.0. The third kappa shape index (κ3) is 8.02. The number of hydrogen-bond donors (Lipinski definition) is 0. The first-order chi connectivity index (χ1) is 6.50. The Kier molecular flexibility index (Phi) is 4.36. The molecule has 0 N–H and O–H groups in total. The summed E-state index contributed by atoms with van der Waals surface area (Å²) in [5, 5.41) is 0. The van der Waals surface area contributed by atoms with Gasteiger partial charge in [0.15, 0.2) is 0 Å². The molecule has 7 heteroatoms. The quantitative estimate of drug-likeness (QED) is 0.364. The molecule has 0 saturated carbocycles. The Labute approximate surface area is 86.6 Å². The predicted octanol–water partition coefficient (Wildman–Crippen LogP) is 2.37. The molecule has 0 bridgehead atoms. The van der Waals surface area contributed by atoms with Gasteiger partial charge in [-0.05, 0) is 20.8 Å². The molecule has 1 heterocycles. The highest BCUT2D eigenvalue weighted by Gasteiger charge is 2.20. The Morgan fingerprint density at radius 3 is 1.67 bits per heavy atom. The van der Waals surface area contributed by atoms with Gasteiger partial charge in [-0.15, -0.1) is 0 Å². The molecule has 0 aliphatic rings. The molecule has 1 aromatic rings. The van der Waals surface area contributed by atoms with Gasteiger partial charge in [0.25, 0.3) is 0 Å². The van der Waals surface area contributed by atoms with Gasteiger partial charge in [-0.2, -0.15) is 0 Å². The third-order valence-corrected chi connectivity index (χ3v) is 1.54. The lowest BCUT2D eigenvalue weighted by Crippen LogP contribution is -2.27. The molecule has 1 rings (SSSR count). The standard InChI is InChI=1S/C8H15N2.BF4/c1-8(2,3)10-6-5-9(4)7-10;2-1(3,4)5/h5-7H,1-4H3;/q+1;-1. The summed E-state index contributed by atoms with van der Waals surface area (Å²) in [6.45, 7) is 6.56. The van der Waals surface area contributed by atoms with Crippen molar-refractivity contribution in [3.05, 3.63) is 18.7 Å². The average Bonchev–Trinajstić information content (AvgIpc) is 2.29. The van der Waals surface area contributed by atoms with Crippen LogP contribution in [0.25, 0.3) is 0 Å². The van der Waals surface area contributed by atoms with E-state index in [0.717, 1.165) is 0 Å². The van der Waals surface area contributed by atoms with Crippen LogP contribution in [0.2, 0.25) is 0 Å². The van der Waals surface area contributed by atoms with Gasteiger partial charge in [0.05, 0.1) is 7.05 Å². The molecule has 0 spiro atoms. The van der Waals surface area contributed by atoms with E-state index in [1.807, 2.05) is 17.8 Å². The number of aromatic nitrogens is 2. The maximum absolute atomic E-state index is 9.75. The highest BCUT2D eigenvalue weighted by molar-refractivity contribution is 6.50. The number of halogens is 4. The minimum absolute atomic E-state index is 0.210. The van der Waals surface area contributed by atoms with Crippen molar-refractivity contribution in [3.63, 3.8) is 0 Å². The number of hydrogen-bond acceptors (Lipinski definition) is 0. The Hall–Kier alpha value is -1.01. The lowest BCUT2D eigenvalue weighted by atomic mass is 10.1. The third-order valence-electron chi connectivity index (χ3n) is 1.54. The monoisotopic (exact) mass is 226 g/mol. The van der Waals surface area contributed by atoms with Crippen LogP contribution in [0, 0.1) is 0 Å². The van der Waals surface area contributed by atoms with Gasteiger partial charge in [0.1, 0.15) is 17.9 Å². The normalized spacial score (nSPS) is 12.0. The van der Waals surface area contributed by atoms with Gasteiger partial charge in [-0.1, -0.05) is 0 Å². The van der Waals surface area contributed by atoms with E-state index >= 15 is 0 Å². The summed E-state index contributed by atoms with van der Waals surface area (Å²) in [6.07, 6.45) is 6.21. The molecule has 0 atom stereocenters. The molecule has 0 aromatic carbocycles. The molecule has 0 aliphatic heterocycles. The molecular formula is C8H15BF4N2. The second kappa shape index (κ2) is 4.68. The summed E-state index contributed by atoms with van der Waals surface area (Å²) in [4.78, 5) is 0. The van der Waals surface area contributed by atoms with E-state index in [2.05, 4.69) is 37.9 Å². The molecule has 0 amide bonds. The van der Waals surface area contributed by atoms with E-state index in [-0.39, 0.29) is 5.54 Å². The zero-order valence-corrected chi connectivity index (χ0v) is 9.22. The molecule has 88 valence electrons. The van der Waals surface area contributed by atoms with Crippen molar-refractivity contribution in [2.24, 2.45) is 7.05 Å². The minimum Gasteiger partial charge on any atom is -0.418 e. The van der Waals surface area contributed by atoms with Crippen molar-refractivity contribution in [2.45, 2.75) is 26.3 Å². The maximum atomic E-state index is 9.75. The van der Waals surface area contributed by atoms with E-state index in [0.29, 0.717) is 0 Å². The second-order valence-electron chi connectivity index (χ2n) is 4.15. The van der Waals surface area contributed by atoms with Crippen LogP contribution in [0.1, 0.15) is 20.8 Å². The van der Waals surface area contributed by atoms with Crippen molar-refractivity contribution in [1.29, 1.82) is 0 Å². The summed E-state index contributed by atoms with van der Waals surface area (Å²) in [5.74, 6) is 0. The molecule has 0 aliphatic carbocycles. The van der Waals surface area contributed by atoms with Gasteiger partial charge >= 0.3 is 7.25 Å². The van der Waals surface area contributed by atoms with Crippen molar-refractivity contribution < 1.29 is 21.8 Å². The molecule has 1 aromatic heterocycles. The summed E-state index contributed by atoms with van der Waals surface area (Å²) in [7, 11) is -3.97. The summed E-state index contributed by atoms with van der Waals surface area (Å²) in [6, 6.07) is 0. The van der Waals surface area contributed by atoms with Gasteiger partial charge in [0.2, 0.25) is 6.33 Å². The van der Waals surface area contributed by atoms with E-state index < -0.39 is 7.25 Å². The largest absolute Gasteiger partial charge is 0.673 e. The first-order valence-corrected chi connectivity index (χ1v) is 4.41. The second-order valence-corrected chi connectivity index (χ2v) is 4.15. The van der Waals surface area contributed by atoms with Crippen molar-refractivity contribution in [2.75, 3.05) is 0 Å². The van der Waals surface area contributed by atoms with Gasteiger partial charge in [-0.3, -0.25) is 0 Å². The average molecular weight is 226 g/mol. The summed E-state index contributed by atoms with van der Waals surface area (Å²) >= 11 is 0. The smallest absolute Gasteiger partial charge is 0.418 e. The number of aryl methyl sites for hydroxylation is 1. The predicted molar refractivity (Wildman–Crippen MR) is 50.8 cm³/mol. The topological polar surface area (TPSA) is 8.81 Å². The van der Waals surface area contributed by atoms with Gasteiger partial charge in [-0.25, -0.2) is 9.13 Å². The van der Waals surface area contributed by atoms with Crippen molar-refractivity contribution >= 4 is 7.25 Å².